The minimum Gasteiger partial charge on any atom is -0.423 e. The van der Waals surface area contributed by atoms with E-state index in [9.17, 15) is 10.0 Å². The fourth-order valence-electron chi connectivity index (χ4n) is 12.4. The molecule has 15 rings (SSSR count). The van der Waals surface area contributed by atoms with Crippen molar-refractivity contribution in [2.24, 2.45) is 0 Å². The van der Waals surface area contributed by atoms with Crippen LogP contribution in [0.5, 0.6) is 0 Å². The summed E-state index contributed by atoms with van der Waals surface area (Å²) in [4.78, 5) is 0. The quantitative estimate of drug-likeness (QED) is 0.173. The summed E-state index contributed by atoms with van der Waals surface area (Å²) in [7, 11) is -1.65. The van der Waals surface area contributed by atoms with Crippen molar-refractivity contribution in [1.29, 1.82) is 0 Å². The Kier molecular flexibility index (Phi) is 7.34. The molecule has 2 aliphatic carbocycles. The van der Waals surface area contributed by atoms with Crippen LogP contribution in [-0.4, -0.2) is 30.9 Å². The summed E-state index contributed by atoms with van der Waals surface area (Å²) in [5.74, 6) is 0. The normalized spacial score (nSPS) is 13.3. The lowest BCUT2D eigenvalue weighted by Gasteiger charge is -2.32. The summed E-state index contributed by atoms with van der Waals surface area (Å²) in [6, 6.07) is 79.1. The largest absolute Gasteiger partial charge is 0.488 e. The molecule has 0 fully saturated rings. The second kappa shape index (κ2) is 13.3. The van der Waals surface area contributed by atoms with E-state index in [0.29, 0.717) is 5.46 Å². The maximum Gasteiger partial charge on any atom is 0.488 e. The second-order valence-corrected chi connectivity index (χ2v) is 18.2. The second-order valence-electron chi connectivity index (χ2n) is 18.2. The maximum atomic E-state index is 11.0. The molecule has 0 aliphatic heterocycles. The van der Waals surface area contributed by atoms with Gasteiger partial charge in [-0.1, -0.05) is 146 Å². The van der Waals surface area contributed by atoms with Crippen LogP contribution < -0.4 is 5.46 Å². The SMILES string of the molecule is OB(O)c1ccc2c(c1)C1(c3cc(-n4c5ccccc5c5ccccc54)ccc3-2)c2cc(-n3c4ccccc4c4ccccc43)ccc2-c2ccc(-n3c4ccccc4c4ccccc43)cc21. The van der Waals surface area contributed by atoms with Crippen LogP contribution in [0.25, 0.3) is 105 Å². The molecule has 6 heteroatoms. The summed E-state index contributed by atoms with van der Waals surface area (Å²) in [6.45, 7) is 0. The lowest BCUT2D eigenvalue weighted by atomic mass is 9.68. The zero-order valence-corrected chi connectivity index (χ0v) is 36.1. The number of hydrogen-bond acceptors (Lipinski definition) is 2. The molecule has 5 nitrogen and oxygen atoms in total. The Morgan fingerprint density at radius 2 is 0.537 bits per heavy atom. The van der Waals surface area contributed by atoms with E-state index >= 15 is 0 Å². The van der Waals surface area contributed by atoms with Crippen molar-refractivity contribution in [2.75, 3.05) is 0 Å². The fraction of sp³-hybridized carbons (Fsp3) is 0.0164. The van der Waals surface area contributed by atoms with Crippen molar-refractivity contribution in [3.63, 3.8) is 0 Å². The van der Waals surface area contributed by atoms with E-state index in [2.05, 4.69) is 226 Å². The molecule has 2 N–H and O–H groups in total. The molecule has 3 heterocycles. The predicted octanol–water partition coefficient (Wildman–Crippen LogP) is 13.0. The summed E-state index contributed by atoms with van der Waals surface area (Å²) in [5.41, 5.74) is 18.7. The minimum absolute atomic E-state index is 0.459. The molecule has 0 atom stereocenters. The average Bonchev–Trinajstić information content (AvgIpc) is 4.15. The number of benzene rings is 10. The van der Waals surface area contributed by atoms with Crippen LogP contribution in [0.1, 0.15) is 22.3 Å². The van der Waals surface area contributed by atoms with Crippen molar-refractivity contribution in [2.45, 2.75) is 5.41 Å². The molecule has 67 heavy (non-hydrogen) atoms. The Balaban J connectivity index is 1.09. The Hall–Kier alpha value is -8.42. The first kappa shape index (κ1) is 36.9. The predicted molar refractivity (Wildman–Crippen MR) is 276 cm³/mol. The molecule has 0 saturated carbocycles. The van der Waals surface area contributed by atoms with Crippen LogP contribution in [0.4, 0.5) is 0 Å². The zero-order valence-electron chi connectivity index (χ0n) is 36.1. The average molecular weight is 856 g/mol. The molecule has 0 bridgehead atoms. The van der Waals surface area contributed by atoms with Gasteiger partial charge in [0, 0.05) is 49.4 Å². The molecule has 0 radical (unpaired) electrons. The van der Waals surface area contributed by atoms with Crippen LogP contribution >= 0.6 is 0 Å². The van der Waals surface area contributed by atoms with E-state index in [-0.39, 0.29) is 0 Å². The summed E-state index contributed by atoms with van der Waals surface area (Å²) < 4.78 is 7.22. The lowest BCUT2D eigenvalue weighted by Crippen LogP contribution is -2.33. The molecule has 13 aromatic rings. The summed E-state index contributed by atoms with van der Waals surface area (Å²) in [6.07, 6.45) is 0. The number of aromatic nitrogens is 3. The number of hydrogen-bond donors (Lipinski definition) is 2. The van der Waals surface area contributed by atoms with E-state index < -0.39 is 12.5 Å². The Labute approximate surface area is 385 Å². The molecular weight excluding hydrogens is 818 g/mol. The third kappa shape index (κ3) is 4.75. The van der Waals surface area contributed by atoms with Crippen LogP contribution in [0, 0.1) is 0 Å². The summed E-state index contributed by atoms with van der Waals surface area (Å²) in [5, 5.41) is 29.2. The third-order valence-corrected chi connectivity index (χ3v) is 15.1. The Morgan fingerprint density at radius 1 is 0.284 bits per heavy atom. The first-order valence-corrected chi connectivity index (χ1v) is 23.0. The molecular formula is C61H38BN3O2. The maximum absolute atomic E-state index is 11.0. The molecule has 1 spiro atoms. The zero-order chi connectivity index (χ0) is 44.1. The highest BCUT2D eigenvalue weighted by molar-refractivity contribution is 6.58. The molecule has 0 unspecified atom stereocenters. The van der Waals surface area contributed by atoms with Crippen LogP contribution in [0.3, 0.4) is 0 Å². The highest BCUT2D eigenvalue weighted by Gasteiger charge is 2.52. The van der Waals surface area contributed by atoms with Gasteiger partial charge in [0.25, 0.3) is 0 Å². The van der Waals surface area contributed by atoms with Crippen LogP contribution in [0.15, 0.2) is 218 Å². The first-order chi connectivity index (χ1) is 33.1. The third-order valence-electron chi connectivity index (χ3n) is 15.1. The number of fused-ring (bicyclic) bond motifs is 19. The van der Waals surface area contributed by atoms with E-state index in [4.69, 9.17) is 0 Å². The van der Waals surface area contributed by atoms with Gasteiger partial charge in [-0.2, -0.15) is 0 Å². The number of nitrogens with zero attached hydrogens (tertiary/aromatic N) is 3. The molecule has 10 aromatic carbocycles. The van der Waals surface area contributed by atoms with Gasteiger partial charge < -0.3 is 23.7 Å². The van der Waals surface area contributed by atoms with Crippen LogP contribution in [0.2, 0.25) is 0 Å². The molecule has 312 valence electrons. The molecule has 3 aromatic heterocycles. The van der Waals surface area contributed by atoms with Gasteiger partial charge in [0.1, 0.15) is 0 Å². The van der Waals surface area contributed by atoms with E-state index in [1.54, 1.807) is 0 Å². The Bertz CT molecular complexity index is 3780. The van der Waals surface area contributed by atoms with Gasteiger partial charge in [-0.3, -0.25) is 0 Å². The van der Waals surface area contributed by atoms with Crippen LogP contribution in [-0.2, 0) is 5.41 Å². The van der Waals surface area contributed by atoms with Gasteiger partial charge >= 0.3 is 7.12 Å². The van der Waals surface area contributed by atoms with Gasteiger partial charge in [-0.05, 0) is 123 Å². The minimum atomic E-state index is -1.65. The molecule has 0 amide bonds. The van der Waals surface area contributed by atoms with Gasteiger partial charge in [-0.15, -0.1) is 0 Å². The van der Waals surface area contributed by atoms with E-state index in [1.165, 1.54) is 32.3 Å². The van der Waals surface area contributed by atoms with Crippen molar-refractivity contribution < 1.29 is 10.0 Å². The van der Waals surface area contributed by atoms with Crippen molar-refractivity contribution >= 4 is 78.0 Å². The highest BCUT2D eigenvalue weighted by Crippen LogP contribution is 2.64. The fourth-order valence-corrected chi connectivity index (χ4v) is 12.4. The van der Waals surface area contributed by atoms with Gasteiger partial charge in [0.2, 0.25) is 0 Å². The van der Waals surface area contributed by atoms with Crippen molar-refractivity contribution in [3.05, 3.63) is 241 Å². The standard InChI is InChI=1S/C61H38BN3O2/c66-62(67)37-25-29-41-42-30-26-38(63-55-19-7-1-13-45(55)46-14-2-8-20-56(46)63)34-52(42)61(51(41)33-37)53-35-39(64-57-21-9-3-15-47(57)48-16-4-10-22-58(48)64)27-31-43(53)44-32-28-40(36-54(44)61)65-59-23-11-5-17-49(59)50-18-6-12-24-60(50)65/h1-36,66-67H. The highest BCUT2D eigenvalue weighted by atomic mass is 16.4. The number of para-hydroxylation sites is 6. The first-order valence-electron chi connectivity index (χ1n) is 23.0. The number of rotatable bonds is 4. The van der Waals surface area contributed by atoms with Crippen molar-refractivity contribution in [1.82, 2.24) is 13.7 Å². The topological polar surface area (TPSA) is 55.2 Å². The van der Waals surface area contributed by atoms with E-state index in [1.807, 2.05) is 6.07 Å². The molecule has 0 saturated heterocycles. The smallest absolute Gasteiger partial charge is 0.423 e. The summed E-state index contributed by atoms with van der Waals surface area (Å²) >= 11 is 0. The lowest BCUT2D eigenvalue weighted by molar-refractivity contribution is 0.425. The van der Waals surface area contributed by atoms with Crippen molar-refractivity contribution in [3.8, 4) is 39.3 Å². The van der Waals surface area contributed by atoms with Gasteiger partial charge in [-0.25, -0.2) is 0 Å². The monoisotopic (exact) mass is 855 g/mol. The molecule has 2 aliphatic rings. The Morgan fingerprint density at radius 3 is 0.821 bits per heavy atom. The van der Waals surface area contributed by atoms with Gasteiger partial charge in [0.05, 0.1) is 38.5 Å². The van der Waals surface area contributed by atoms with E-state index in [0.717, 1.165) is 94.7 Å². The van der Waals surface area contributed by atoms with Gasteiger partial charge in [0.15, 0.2) is 0 Å².